The molecule has 0 fully saturated rings. The van der Waals surface area contributed by atoms with Gasteiger partial charge in [0, 0.05) is 5.56 Å². The van der Waals surface area contributed by atoms with Gasteiger partial charge in [0.05, 0.1) is 31.3 Å². The average molecular weight is 569 g/mol. The molecule has 1 atom stereocenters. The van der Waals surface area contributed by atoms with Gasteiger partial charge < -0.3 is 35.4 Å². The lowest BCUT2D eigenvalue weighted by Crippen LogP contribution is -2.39. The lowest BCUT2D eigenvalue weighted by Gasteiger charge is -2.19. The number of nitrogens with one attached hydrogen (secondary N) is 3. The van der Waals surface area contributed by atoms with Crippen molar-refractivity contribution in [3.63, 3.8) is 0 Å². The molecule has 1 heterocycles. The highest BCUT2D eigenvalue weighted by molar-refractivity contribution is 5.97. The fraction of sp³-hybridized carbons (Fsp3) is 0.292. The second-order valence-corrected chi connectivity index (χ2v) is 7.70. The Balaban J connectivity index is 0.000000708. The number of carbonyl (C=O) groups is 4. The summed E-state index contributed by atoms with van der Waals surface area (Å²) in [6.07, 6.45) is -3.88. The summed E-state index contributed by atoms with van der Waals surface area (Å²) in [6.45, 7) is 1.74. The number of alkyl halides is 3. The van der Waals surface area contributed by atoms with Crippen LogP contribution >= 0.6 is 0 Å². The van der Waals surface area contributed by atoms with Gasteiger partial charge in [-0.15, -0.1) is 0 Å². The van der Waals surface area contributed by atoms with E-state index in [-0.39, 0.29) is 26.4 Å². The van der Waals surface area contributed by atoms with Crippen LogP contribution in [0.1, 0.15) is 35.3 Å². The number of nitrogens with zero attached hydrogens (tertiary/aromatic N) is 1. The van der Waals surface area contributed by atoms with Crippen LogP contribution in [-0.4, -0.2) is 61.3 Å². The molecule has 0 saturated heterocycles. The fourth-order valence-corrected chi connectivity index (χ4v) is 3.12. The van der Waals surface area contributed by atoms with E-state index in [0.29, 0.717) is 28.3 Å². The molecule has 0 bridgehead atoms. The van der Waals surface area contributed by atoms with E-state index in [1.807, 2.05) is 0 Å². The van der Waals surface area contributed by atoms with Gasteiger partial charge in [-0.3, -0.25) is 14.4 Å². The zero-order chi connectivity index (χ0) is 29.7. The molecule has 1 unspecified atom stereocenters. The Kier molecular flexibility index (Phi) is 11.7. The van der Waals surface area contributed by atoms with E-state index < -0.39 is 36.0 Å². The topological polar surface area (TPSA) is 191 Å². The zero-order valence-electron chi connectivity index (χ0n) is 21.0. The Labute approximate surface area is 225 Å². The molecule has 0 aromatic heterocycles. The predicted molar refractivity (Wildman–Crippen MR) is 133 cm³/mol. The van der Waals surface area contributed by atoms with Crippen molar-refractivity contribution >= 4 is 35.8 Å². The number of esters is 1. The lowest BCUT2D eigenvalue weighted by atomic mass is 10.0. The number of rotatable bonds is 10. The van der Waals surface area contributed by atoms with Crippen LogP contribution in [0.2, 0.25) is 0 Å². The van der Waals surface area contributed by atoms with Gasteiger partial charge in [-0.05, 0) is 42.8 Å². The number of nitrogens with two attached hydrogens (primary N) is 1. The Bertz CT molecular complexity index is 1240. The van der Waals surface area contributed by atoms with Crippen LogP contribution in [0.5, 0.6) is 11.5 Å². The highest BCUT2D eigenvalue weighted by Crippen LogP contribution is 2.34. The van der Waals surface area contributed by atoms with E-state index in [9.17, 15) is 27.6 Å². The molecule has 1 aliphatic heterocycles. The summed E-state index contributed by atoms with van der Waals surface area (Å²) in [7, 11) is 0. The molecule has 3 rings (SSSR count). The van der Waals surface area contributed by atoms with Crippen molar-refractivity contribution < 1.29 is 51.7 Å². The third-order valence-corrected chi connectivity index (χ3v) is 4.86. The first-order valence-electron chi connectivity index (χ1n) is 11.5. The number of carboxylic acids is 1. The smallest absolute Gasteiger partial charge is 0.475 e. The van der Waals surface area contributed by atoms with Crippen molar-refractivity contribution in [3.05, 3.63) is 53.6 Å². The summed E-state index contributed by atoms with van der Waals surface area (Å²) < 4.78 is 47.4. The van der Waals surface area contributed by atoms with Crippen molar-refractivity contribution in [1.82, 2.24) is 16.1 Å². The summed E-state index contributed by atoms with van der Waals surface area (Å²) in [5.74, 6) is 2.11. The first-order valence-corrected chi connectivity index (χ1v) is 11.5. The molecular formula is C24H26F3N5O8. The third-order valence-electron chi connectivity index (χ3n) is 4.86. The van der Waals surface area contributed by atoms with Crippen LogP contribution in [-0.2, 0) is 19.1 Å². The summed E-state index contributed by atoms with van der Waals surface area (Å²) in [5, 5.41) is 12.4. The number of carbonyl (C=O) groups excluding carboxylic acids is 3. The SMILES string of the molecule is CCOC(=O)CC(NC(=O)CNC(=O)c1cccc(N=CNN)c1)c1ccc2c(c1)OCO2.O=C(O)C(F)(F)F. The van der Waals surface area contributed by atoms with Crippen LogP contribution in [0.15, 0.2) is 47.5 Å². The van der Waals surface area contributed by atoms with E-state index in [1.165, 1.54) is 6.34 Å². The molecular weight excluding hydrogens is 543 g/mol. The van der Waals surface area contributed by atoms with E-state index in [2.05, 4.69) is 21.1 Å². The highest BCUT2D eigenvalue weighted by atomic mass is 19.4. The maximum Gasteiger partial charge on any atom is 0.490 e. The van der Waals surface area contributed by atoms with Gasteiger partial charge >= 0.3 is 18.1 Å². The molecule has 40 heavy (non-hydrogen) atoms. The quantitative estimate of drug-likeness (QED) is 0.0926. The number of fused-ring (bicyclic) bond motifs is 1. The number of halogens is 3. The van der Waals surface area contributed by atoms with Crippen LogP contribution in [0.25, 0.3) is 0 Å². The Morgan fingerprint density at radius 3 is 2.50 bits per heavy atom. The van der Waals surface area contributed by atoms with Crippen molar-refractivity contribution in [2.24, 2.45) is 10.8 Å². The Morgan fingerprint density at radius 2 is 1.85 bits per heavy atom. The first kappa shape index (κ1) is 31.4. The Morgan fingerprint density at radius 1 is 1.15 bits per heavy atom. The second-order valence-electron chi connectivity index (χ2n) is 7.70. The van der Waals surface area contributed by atoms with E-state index in [4.69, 9.17) is 30.0 Å². The van der Waals surface area contributed by atoms with Gasteiger partial charge in [-0.25, -0.2) is 15.6 Å². The number of amides is 2. The maximum atomic E-state index is 12.6. The summed E-state index contributed by atoms with van der Waals surface area (Å²) in [4.78, 5) is 50.0. The van der Waals surface area contributed by atoms with Gasteiger partial charge in [0.25, 0.3) is 5.91 Å². The van der Waals surface area contributed by atoms with Crippen LogP contribution in [0, 0.1) is 0 Å². The molecule has 2 amide bonds. The van der Waals surface area contributed by atoms with Crippen molar-refractivity contribution in [3.8, 4) is 11.5 Å². The number of aliphatic carboxylic acids is 1. The Hall–Kier alpha value is -4.86. The minimum atomic E-state index is -5.08. The van der Waals surface area contributed by atoms with Gasteiger partial charge in [0.15, 0.2) is 11.5 Å². The summed E-state index contributed by atoms with van der Waals surface area (Å²) in [5.41, 5.74) is 3.77. The minimum Gasteiger partial charge on any atom is -0.475 e. The van der Waals surface area contributed by atoms with E-state index >= 15 is 0 Å². The maximum absolute atomic E-state index is 12.6. The number of hydrazine groups is 1. The average Bonchev–Trinajstić information content (AvgIpc) is 3.38. The van der Waals surface area contributed by atoms with Gasteiger partial charge in [0.1, 0.15) is 6.34 Å². The second kappa shape index (κ2) is 14.9. The molecule has 16 heteroatoms. The predicted octanol–water partition coefficient (Wildman–Crippen LogP) is 1.71. The number of ether oxygens (including phenoxy) is 3. The van der Waals surface area contributed by atoms with Gasteiger partial charge in [-0.1, -0.05) is 12.1 Å². The number of carboxylic acid groups (broad SMARTS) is 1. The molecule has 0 saturated carbocycles. The molecule has 216 valence electrons. The normalized spacial score (nSPS) is 12.5. The largest absolute Gasteiger partial charge is 0.490 e. The molecule has 2 aromatic rings. The zero-order valence-corrected chi connectivity index (χ0v) is 21.0. The van der Waals surface area contributed by atoms with Gasteiger partial charge in [-0.2, -0.15) is 13.2 Å². The monoisotopic (exact) mass is 569 g/mol. The summed E-state index contributed by atoms with van der Waals surface area (Å²) in [6, 6.07) is 11.0. The molecule has 2 aromatic carbocycles. The molecule has 6 N–H and O–H groups in total. The van der Waals surface area contributed by atoms with Crippen LogP contribution < -0.4 is 31.4 Å². The minimum absolute atomic E-state index is 0.0810. The molecule has 1 aliphatic rings. The molecule has 0 aliphatic carbocycles. The fourth-order valence-electron chi connectivity index (χ4n) is 3.12. The third kappa shape index (κ3) is 10.1. The van der Waals surface area contributed by atoms with E-state index in [1.54, 1.807) is 49.4 Å². The number of benzene rings is 2. The van der Waals surface area contributed by atoms with Gasteiger partial charge in [0.2, 0.25) is 12.7 Å². The van der Waals surface area contributed by atoms with Crippen molar-refractivity contribution in [2.75, 3.05) is 19.9 Å². The standard InChI is InChI=1S/C22H25N5O6.C2HF3O2/c1-2-31-21(29)10-17(14-6-7-18-19(9-14)33-13-32-18)27-20(28)11-24-22(30)15-4-3-5-16(8-15)25-12-26-23;3-2(4,5)1(6)7/h3-9,12,17H,2,10-11,13,23H2,1H3,(H,24,30)(H,25,26)(H,27,28);(H,6,7). The first-order chi connectivity index (χ1) is 18.9. The number of aliphatic imine (C=N–C) groups is 1. The van der Waals surface area contributed by atoms with E-state index in [0.717, 1.165) is 0 Å². The van der Waals surface area contributed by atoms with Crippen LogP contribution in [0.3, 0.4) is 0 Å². The van der Waals surface area contributed by atoms with Crippen LogP contribution in [0.4, 0.5) is 18.9 Å². The number of hydrogen-bond donors (Lipinski definition) is 5. The lowest BCUT2D eigenvalue weighted by molar-refractivity contribution is -0.192. The van der Waals surface area contributed by atoms with Crippen molar-refractivity contribution in [1.29, 1.82) is 0 Å². The molecule has 0 spiro atoms. The number of hydrogen-bond acceptors (Lipinski definition) is 9. The molecule has 0 radical (unpaired) electrons. The summed E-state index contributed by atoms with van der Waals surface area (Å²) >= 11 is 0. The van der Waals surface area contributed by atoms with Crippen molar-refractivity contribution in [2.45, 2.75) is 25.6 Å². The molecule has 13 nitrogen and oxygen atoms in total. The highest BCUT2D eigenvalue weighted by Gasteiger charge is 2.38.